The standard InChI is InChI=1S/C16H18ClNO/c1-12-7-8-15(13(2)11-12)18-9-10-19-16-6-4-3-5-14(16)17/h3-8,11,18H,9-10H2,1-2H3. The summed E-state index contributed by atoms with van der Waals surface area (Å²) in [6, 6.07) is 13.9. The monoisotopic (exact) mass is 275 g/mol. The first kappa shape index (κ1) is 13.8. The maximum atomic E-state index is 6.02. The van der Waals surface area contributed by atoms with Crippen molar-refractivity contribution in [2.45, 2.75) is 13.8 Å². The minimum absolute atomic E-state index is 0.580. The molecule has 0 heterocycles. The number of hydrogen-bond acceptors (Lipinski definition) is 2. The summed E-state index contributed by atoms with van der Waals surface area (Å²) >= 11 is 6.02. The van der Waals surface area contributed by atoms with Crippen LogP contribution in [-0.4, -0.2) is 13.2 Å². The lowest BCUT2D eigenvalue weighted by atomic mass is 10.1. The van der Waals surface area contributed by atoms with Crippen LogP contribution in [0.3, 0.4) is 0 Å². The molecule has 0 aliphatic carbocycles. The summed E-state index contributed by atoms with van der Waals surface area (Å²) in [5, 5.41) is 4.01. The second-order valence-electron chi connectivity index (χ2n) is 4.52. The van der Waals surface area contributed by atoms with E-state index in [0.717, 1.165) is 18.0 Å². The van der Waals surface area contributed by atoms with E-state index in [1.165, 1.54) is 11.1 Å². The van der Waals surface area contributed by atoms with Crippen LogP contribution in [-0.2, 0) is 0 Å². The molecule has 100 valence electrons. The smallest absolute Gasteiger partial charge is 0.137 e. The molecule has 0 amide bonds. The second-order valence-corrected chi connectivity index (χ2v) is 4.93. The van der Waals surface area contributed by atoms with E-state index in [1.54, 1.807) is 0 Å². The lowest BCUT2D eigenvalue weighted by Gasteiger charge is -2.11. The molecule has 2 aromatic carbocycles. The van der Waals surface area contributed by atoms with E-state index in [1.807, 2.05) is 24.3 Å². The third-order valence-corrected chi connectivity index (χ3v) is 3.21. The molecular formula is C16H18ClNO. The van der Waals surface area contributed by atoms with Crippen molar-refractivity contribution in [1.29, 1.82) is 0 Å². The summed E-state index contributed by atoms with van der Waals surface area (Å²) in [5.41, 5.74) is 3.67. The Labute approximate surface area is 119 Å². The predicted molar refractivity (Wildman–Crippen MR) is 81.4 cm³/mol. The van der Waals surface area contributed by atoms with Crippen LogP contribution in [0.2, 0.25) is 5.02 Å². The maximum Gasteiger partial charge on any atom is 0.137 e. The number of benzene rings is 2. The van der Waals surface area contributed by atoms with Crippen molar-refractivity contribution in [2.24, 2.45) is 0 Å². The van der Waals surface area contributed by atoms with Gasteiger partial charge in [-0.25, -0.2) is 0 Å². The van der Waals surface area contributed by atoms with E-state index >= 15 is 0 Å². The average Bonchev–Trinajstić information content (AvgIpc) is 2.38. The van der Waals surface area contributed by atoms with E-state index in [9.17, 15) is 0 Å². The van der Waals surface area contributed by atoms with Crippen LogP contribution in [0.25, 0.3) is 0 Å². The Bertz CT molecular complexity index is 554. The predicted octanol–water partition coefficient (Wildman–Crippen LogP) is 4.45. The summed E-state index contributed by atoms with van der Waals surface area (Å²) in [6.07, 6.45) is 0. The molecule has 0 fully saturated rings. The molecule has 0 aliphatic rings. The molecule has 0 radical (unpaired) electrons. The van der Waals surface area contributed by atoms with E-state index < -0.39 is 0 Å². The molecule has 0 spiro atoms. The van der Waals surface area contributed by atoms with Crippen LogP contribution >= 0.6 is 11.6 Å². The van der Waals surface area contributed by atoms with E-state index in [4.69, 9.17) is 16.3 Å². The fourth-order valence-electron chi connectivity index (χ4n) is 1.92. The van der Waals surface area contributed by atoms with Crippen LogP contribution in [0.4, 0.5) is 5.69 Å². The number of nitrogens with one attached hydrogen (secondary N) is 1. The minimum Gasteiger partial charge on any atom is -0.490 e. The van der Waals surface area contributed by atoms with Crippen LogP contribution in [0.15, 0.2) is 42.5 Å². The largest absolute Gasteiger partial charge is 0.490 e. The van der Waals surface area contributed by atoms with Crippen LogP contribution in [0, 0.1) is 13.8 Å². The number of para-hydroxylation sites is 1. The highest BCUT2D eigenvalue weighted by atomic mass is 35.5. The number of ether oxygens (including phenoxy) is 1. The zero-order valence-corrected chi connectivity index (χ0v) is 12.0. The quantitative estimate of drug-likeness (QED) is 0.814. The van der Waals surface area contributed by atoms with Gasteiger partial charge >= 0.3 is 0 Å². The van der Waals surface area contributed by atoms with Crippen LogP contribution < -0.4 is 10.1 Å². The highest BCUT2D eigenvalue weighted by Crippen LogP contribution is 2.23. The molecule has 19 heavy (non-hydrogen) atoms. The van der Waals surface area contributed by atoms with Gasteiger partial charge in [-0.1, -0.05) is 41.4 Å². The van der Waals surface area contributed by atoms with Gasteiger partial charge in [-0.15, -0.1) is 0 Å². The lowest BCUT2D eigenvalue weighted by molar-refractivity contribution is 0.333. The summed E-state index contributed by atoms with van der Waals surface area (Å²) in [7, 11) is 0. The SMILES string of the molecule is Cc1ccc(NCCOc2ccccc2Cl)c(C)c1. The number of hydrogen-bond donors (Lipinski definition) is 1. The first-order valence-corrected chi connectivity index (χ1v) is 6.73. The van der Waals surface area contributed by atoms with Gasteiger partial charge in [-0.05, 0) is 37.6 Å². The number of rotatable bonds is 5. The second kappa shape index (κ2) is 6.48. The fourth-order valence-corrected chi connectivity index (χ4v) is 2.11. The van der Waals surface area contributed by atoms with Gasteiger partial charge < -0.3 is 10.1 Å². The molecule has 0 atom stereocenters. The summed E-state index contributed by atoms with van der Waals surface area (Å²) in [6.45, 7) is 5.52. The topological polar surface area (TPSA) is 21.3 Å². The number of aryl methyl sites for hydroxylation is 2. The van der Waals surface area contributed by atoms with Gasteiger partial charge in [0.05, 0.1) is 5.02 Å². The van der Waals surface area contributed by atoms with E-state index in [2.05, 4.69) is 37.4 Å². The first-order chi connectivity index (χ1) is 9.16. The highest BCUT2D eigenvalue weighted by molar-refractivity contribution is 6.32. The van der Waals surface area contributed by atoms with Crippen molar-refractivity contribution >= 4 is 17.3 Å². The van der Waals surface area contributed by atoms with Crippen molar-refractivity contribution in [1.82, 2.24) is 0 Å². The van der Waals surface area contributed by atoms with Gasteiger partial charge in [0.15, 0.2) is 0 Å². The lowest BCUT2D eigenvalue weighted by Crippen LogP contribution is -2.12. The zero-order chi connectivity index (χ0) is 13.7. The number of anilines is 1. The summed E-state index contributed by atoms with van der Waals surface area (Å²) < 4.78 is 5.63. The molecule has 3 heteroatoms. The third kappa shape index (κ3) is 3.90. The van der Waals surface area contributed by atoms with Crippen LogP contribution in [0.1, 0.15) is 11.1 Å². The normalized spacial score (nSPS) is 10.3. The molecular weight excluding hydrogens is 258 g/mol. The van der Waals surface area contributed by atoms with E-state index in [0.29, 0.717) is 11.6 Å². The van der Waals surface area contributed by atoms with Gasteiger partial charge in [0, 0.05) is 12.2 Å². The summed E-state index contributed by atoms with van der Waals surface area (Å²) in [5.74, 6) is 0.728. The fraction of sp³-hybridized carbons (Fsp3) is 0.250. The van der Waals surface area contributed by atoms with Crippen molar-refractivity contribution in [3.05, 3.63) is 58.6 Å². The van der Waals surface area contributed by atoms with E-state index in [-0.39, 0.29) is 0 Å². The summed E-state index contributed by atoms with van der Waals surface area (Å²) in [4.78, 5) is 0. The Balaban J connectivity index is 1.83. The molecule has 2 aromatic rings. The maximum absolute atomic E-state index is 6.02. The Morgan fingerprint density at radius 3 is 2.63 bits per heavy atom. The van der Waals surface area contributed by atoms with Crippen LogP contribution in [0.5, 0.6) is 5.75 Å². The molecule has 2 nitrogen and oxygen atoms in total. The zero-order valence-electron chi connectivity index (χ0n) is 11.2. The highest BCUT2D eigenvalue weighted by Gasteiger charge is 2.00. The van der Waals surface area contributed by atoms with Gasteiger partial charge in [0.1, 0.15) is 12.4 Å². The number of halogens is 1. The van der Waals surface area contributed by atoms with Crippen molar-refractivity contribution < 1.29 is 4.74 Å². The van der Waals surface area contributed by atoms with Gasteiger partial charge in [0.25, 0.3) is 0 Å². The minimum atomic E-state index is 0.580. The van der Waals surface area contributed by atoms with Gasteiger partial charge in [-0.2, -0.15) is 0 Å². The molecule has 0 aromatic heterocycles. The molecule has 2 rings (SSSR count). The molecule has 0 aliphatic heterocycles. The Morgan fingerprint density at radius 1 is 1.11 bits per heavy atom. The van der Waals surface area contributed by atoms with Gasteiger partial charge in [-0.3, -0.25) is 0 Å². The molecule has 0 saturated carbocycles. The molecule has 1 N–H and O–H groups in total. The van der Waals surface area contributed by atoms with Gasteiger partial charge in [0.2, 0.25) is 0 Å². The Morgan fingerprint density at radius 2 is 1.89 bits per heavy atom. The third-order valence-electron chi connectivity index (χ3n) is 2.89. The Kier molecular flexibility index (Phi) is 4.69. The molecule has 0 saturated heterocycles. The van der Waals surface area contributed by atoms with Crippen molar-refractivity contribution in [2.75, 3.05) is 18.5 Å². The molecule has 0 unspecified atom stereocenters. The average molecular weight is 276 g/mol. The molecule has 0 bridgehead atoms. The van der Waals surface area contributed by atoms with Crippen molar-refractivity contribution in [3.8, 4) is 5.75 Å². The Hall–Kier alpha value is -1.67. The first-order valence-electron chi connectivity index (χ1n) is 6.35. The van der Waals surface area contributed by atoms with Crippen molar-refractivity contribution in [3.63, 3.8) is 0 Å².